The Morgan fingerprint density at radius 1 is 0.375 bits per heavy atom. The Morgan fingerprint density at radius 3 is 1.02 bits per heavy atom. The van der Waals surface area contributed by atoms with E-state index in [0.717, 1.165) is 22.3 Å². The number of ether oxygens (including phenoxy) is 2. The van der Waals surface area contributed by atoms with E-state index < -0.39 is 11.9 Å². The van der Waals surface area contributed by atoms with E-state index in [1.165, 1.54) is 0 Å². The number of aromatic nitrogens is 4. The lowest BCUT2D eigenvalue weighted by molar-refractivity contribution is 0.0713. The van der Waals surface area contributed by atoms with Crippen LogP contribution in [-0.4, -0.2) is 31.9 Å². The Hall–Kier alpha value is -6.80. The number of hydrogen-bond donors (Lipinski definition) is 0. The van der Waals surface area contributed by atoms with E-state index in [2.05, 4.69) is 9.97 Å². The normalized spacial score (nSPS) is 10.7. The largest absolute Gasteiger partial charge is 0.422 e. The van der Waals surface area contributed by atoms with Crippen LogP contribution in [0.4, 0.5) is 0 Å². The van der Waals surface area contributed by atoms with E-state index in [1.54, 1.807) is 36.4 Å². The third-order valence-electron chi connectivity index (χ3n) is 7.32. The smallest absolute Gasteiger partial charge is 0.362 e. The number of nitrogens with zero attached hydrogens (tertiary/aromatic N) is 4. The molecule has 0 N–H and O–H groups in total. The first-order valence-electron chi connectivity index (χ1n) is 15.1. The van der Waals surface area contributed by atoms with Crippen LogP contribution < -0.4 is 9.47 Å². The number of hydrogen-bond acceptors (Lipinski definition) is 8. The lowest BCUT2D eigenvalue weighted by Crippen LogP contribution is -2.13. The Morgan fingerprint density at radius 2 is 0.688 bits per heavy atom. The lowest BCUT2D eigenvalue weighted by Gasteiger charge is -2.10. The topological polar surface area (TPSA) is 104 Å². The average Bonchev–Trinajstić information content (AvgIpc) is 3.16. The van der Waals surface area contributed by atoms with Gasteiger partial charge >= 0.3 is 11.9 Å². The second kappa shape index (κ2) is 13.7. The van der Waals surface area contributed by atoms with E-state index >= 15 is 0 Å². The van der Waals surface area contributed by atoms with Crippen molar-refractivity contribution in [2.75, 3.05) is 0 Å². The summed E-state index contributed by atoms with van der Waals surface area (Å²) in [6.07, 6.45) is 0. The molecule has 0 aliphatic heterocycles. The van der Waals surface area contributed by atoms with Gasteiger partial charge in [0.25, 0.3) is 0 Å². The summed E-state index contributed by atoms with van der Waals surface area (Å²) in [5.41, 5.74) is 4.61. The molecule has 7 rings (SSSR count). The molecule has 0 unspecified atom stereocenters. The molecular formula is C40H26N4O4. The zero-order valence-electron chi connectivity index (χ0n) is 25.4. The Labute approximate surface area is 276 Å². The number of esters is 2. The maximum Gasteiger partial charge on any atom is 0.362 e. The van der Waals surface area contributed by atoms with Gasteiger partial charge in [0, 0.05) is 22.3 Å². The fourth-order valence-corrected chi connectivity index (χ4v) is 4.94. The molecule has 0 bridgehead atoms. The van der Waals surface area contributed by atoms with Gasteiger partial charge in [0.05, 0.1) is 11.4 Å². The molecule has 230 valence electrons. The van der Waals surface area contributed by atoms with Crippen LogP contribution >= 0.6 is 0 Å². The Bertz CT molecular complexity index is 1920. The molecule has 0 saturated carbocycles. The molecule has 8 heteroatoms. The molecule has 48 heavy (non-hydrogen) atoms. The maximum atomic E-state index is 13.3. The lowest BCUT2D eigenvalue weighted by atomic mass is 10.1. The second-order valence-corrected chi connectivity index (χ2v) is 10.6. The Balaban J connectivity index is 1.11. The first kappa shape index (κ1) is 29.9. The highest BCUT2D eigenvalue weighted by atomic mass is 16.5. The molecule has 8 nitrogen and oxygen atoms in total. The molecule has 2 aromatic heterocycles. The minimum Gasteiger partial charge on any atom is -0.422 e. The number of carbonyl (C=O) groups excluding carboxylic acids is 2. The van der Waals surface area contributed by atoms with Gasteiger partial charge in [-0.1, -0.05) is 121 Å². The van der Waals surface area contributed by atoms with Crippen molar-refractivity contribution in [3.63, 3.8) is 0 Å². The summed E-state index contributed by atoms with van der Waals surface area (Å²) in [7, 11) is 0. The van der Waals surface area contributed by atoms with Gasteiger partial charge in [0.15, 0.2) is 23.0 Å². The highest BCUT2D eigenvalue weighted by molar-refractivity contribution is 5.92. The summed E-state index contributed by atoms with van der Waals surface area (Å²) in [5.74, 6) is 0.00334. The van der Waals surface area contributed by atoms with Gasteiger partial charge in [-0.25, -0.2) is 29.5 Å². The van der Waals surface area contributed by atoms with Gasteiger partial charge in [0.1, 0.15) is 11.5 Å². The summed E-state index contributed by atoms with van der Waals surface area (Å²) >= 11 is 0. The van der Waals surface area contributed by atoms with Gasteiger partial charge in [-0.3, -0.25) is 0 Å². The first-order valence-corrected chi connectivity index (χ1v) is 15.1. The SMILES string of the molecule is O=C(Oc1ccc(OC(=O)c2cc(-c3ccccc3)nc(-c3ccccc3)n2)cc1)c1cc(-c2ccccc2)nc(-c2ccccc2)n1. The van der Waals surface area contributed by atoms with Crippen LogP contribution in [0.15, 0.2) is 158 Å². The van der Waals surface area contributed by atoms with Crippen LogP contribution in [0, 0.1) is 0 Å². The molecular weight excluding hydrogens is 600 g/mol. The van der Waals surface area contributed by atoms with Crippen molar-refractivity contribution in [2.24, 2.45) is 0 Å². The monoisotopic (exact) mass is 626 g/mol. The predicted molar refractivity (Wildman–Crippen MR) is 182 cm³/mol. The van der Waals surface area contributed by atoms with Crippen molar-refractivity contribution in [3.05, 3.63) is 169 Å². The predicted octanol–water partition coefficient (Wildman–Crippen LogP) is 8.37. The maximum absolute atomic E-state index is 13.3. The fraction of sp³-hybridized carbons (Fsp3) is 0. The number of rotatable bonds is 8. The zero-order valence-corrected chi connectivity index (χ0v) is 25.4. The van der Waals surface area contributed by atoms with Crippen molar-refractivity contribution in [2.45, 2.75) is 0 Å². The second-order valence-electron chi connectivity index (χ2n) is 10.6. The summed E-state index contributed by atoms with van der Waals surface area (Å²) in [6, 6.07) is 47.4. The fourth-order valence-electron chi connectivity index (χ4n) is 4.94. The average molecular weight is 627 g/mol. The van der Waals surface area contributed by atoms with Gasteiger partial charge < -0.3 is 9.47 Å². The van der Waals surface area contributed by atoms with Crippen LogP contribution in [0.5, 0.6) is 11.5 Å². The van der Waals surface area contributed by atoms with Crippen molar-refractivity contribution in [1.29, 1.82) is 0 Å². The van der Waals surface area contributed by atoms with Crippen LogP contribution in [0.1, 0.15) is 21.0 Å². The minimum atomic E-state index is -0.653. The van der Waals surface area contributed by atoms with Gasteiger partial charge in [0.2, 0.25) is 0 Å². The van der Waals surface area contributed by atoms with Gasteiger partial charge in [-0.15, -0.1) is 0 Å². The zero-order chi connectivity index (χ0) is 32.7. The van der Waals surface area contributed by atoms with Gasteiger partial charge in [-0.2, -0.15) is 0 Å². The van der Waals surface area contributed by atoms with Crippen LogP contribution in [-0.2, 0) is 0 Å². The molecule has 0 amide bonds. The molecule has 0 aliphatic carbocycles. The van der Waals surface area contributed by atoms with E-state index in [4.69, 9.17) is 19.4 Å². The van der Waals surface area contributed by atoms with Crippen LogP contribution in [0.25, 0.3) is 45.3 Å². The Kier molecular flexibility index (Phi) is 8.52. The standard InChI is InChI=1S/C40H26N4O4/c45-39(35-25-33(27-13-5-1-6-14-27)41-37(43-35)29-17-9-3-10-18-29)47-31-21-23-32(24-22-31)48-40(46)36-26-34(28-15-7-2-8-16-28)42-38(44-36)30-19-11-4-12-20-30/h1-26H. The molecule has 0 aliphatic rings. The molecule has 2 heterocycles. The third-order valence-corrected chi connectivity index (χ3v) is 7.32. The minimum absolute atomic E-state index is 0.102. The quantitative estimate of drug-likeness (QED) is 0.122. The van der Waals surface area contributed by atoms with E-state index in [1.807, 2.05) is 121 Å². The summed E-state index contributed by atoms with van der Waals surface area (Å²) in [5, 5.41) is 0. The van der Waals surface area contributed by atoms with Crippen molar-refractivity contribution in [1.82, 2.24) is 19.9 Å². The first-order chi connectivity index (χ1) is 23.6. The third kappa shape index (κ3) is 6.88. The molecule has 0 atom stereocenters. The van der Waals surface area contributed by atoms with E-state index in [0.29, 0.717) is 23.0 Å². The number of benzene rings is 5. The summed E-state index contributed by atoms with van der Waals surface area (Å²) in [6.45, 7) is 0. The highest BCUT2D eigenvalue weighted by Crippen LogP contribution is 2.26. The highest BCUT2D eigenvalue weighted by Gasteiger charge is 2.18. The summed E-state index contributed by atoms with van der Waals surface area (Å²) in [4.78, 5) is 45.0. The summed E-state index contributed by atoms with van der Waals surface area (Å²) < 4.78 is 11.3. The molecule has 0 spiro atoms. The number of carbonyl (C=O) groups is 2. The molecule has 5 aromatic carbocycles. The molecule has 7 aromatic rings. The van der Waals surface area contributed by atoms with Crippen LogP contribution in [0.3, 0.4) is 0 Å². The van der Waals surface area contributed by atoms with Crippen molar-refractivity contribution in [3.8, 4) is 56.8 Å². The van der Waals surface area contributed by atoms with Crippen molar-refractivity contribution < 1.29 is 19.1 Å². The van der Waals surface area contributed by atoms with E-state index in [-0.39, 0.29) is 22.9 Å². The van der Waals surface area contributed by atoms with Gasteiger partial charge in [-0.05, 0) is 36.4 Å². The van der Waals surface area contributed by atoms with Crippen LogP contribution in [0.2, 0.25) is 0 Å². The van der Waals surface area contributed by atoms with Crippen molar-refractivity contribution >= 4 is 11.9 Å². The molecule has 0 radical (unpaired) electrons. The molecule has 0 saturated heterocycles. The molecule has 0 fully saturated rings. The van der Waals surface area contributed by atoms with E-state index in [9.17, 15) is 9.59 Å².